The number of terminal acetylenes is 1. The number of halogens is 2. The highest BCUT2D eigenvalue weighted by Crippen LogP contribution is 2.21. The van der Waals surface area contributed by atoms with Crippen molar-refractivity contribution in [3.8, 4) is 12.3 Å². The average Bonchev–Trinajstić information content (AvgIpc) is 2.25. The lowest BCUT2D eigenvalue weighted by Crippen LogP contribution is -2.23. The van der Waals surface area contributed by atoms with Crippen LogP contribution in [0.5, 0.6) is 0 Å². The van der Waals surface area contributed by atoms with E-state index in [9.17, 15) is 4.79 Å². The zero-order valence-corrected chi connectivity index (χ0v) is 10.1. The predicted octanol–water partition coefficient (Wildman–Crippen LogP) is 2.68. The van der Waals surface area contributed by atoms with E-state index in [-0.39, 0.29) is 12.5 Å². The summed E-state index contributed by atoms with van der Waals surface area (Å²) in [4.78, 5) is 11.3. The molecule has 0 aliphatic carbocycles. The first kappa shape index (κ1) is 12.9. The zero-order valence-electron chi connectivity index (χ0n) is 8.59. The predicted molar refractivity (Wildman–Crippen MR) is 66.6 cm³/mol. The van der Waals surface area contributed by atoms with Crippen LogP contribution >= 0.6 is 23.2 Å². The van der Waals surface area contributed by atoms with Gasteiger partial charge < -0.3 is 5.32 Å². The number of rotatable bonds is 4. The Morgan fingerprint density at radius 1 is 1.44 bits per heavy atom. The van der Waals surface area contributed by atoms with Crippen molar-refractivity contribution in [3.63, 3.8) is 0 Å². The summed E-state index contributed by atoms with van der Waals surface area (Å²) >= 11 is 11.7. The van der Waals surface area contributed by atoms with Gasteiger partial charge in [0.2, 0.25) is 5.91 Å². The third-order valence-electron chi connectivity index (χ3n) is 2.02. The van der Waals surface area contributed by atoms with E-state index in [1.54, 1.807) is 12.1 Å². The minimum Gasteiger partial charge on any atom is -0.345 e. The summed E-state index contributed by atoms with van der Waals surface area (Å²) in [6.07, 6.45) is 5.96. The van der Waals surface area contributed by atoms with Gasteiger partial charge >= 0.3 is 0 Å². The van der Waals surface area contributed by atoms with Crippen LogP contribution in [-0.4, -0.2) is 12.5 Å². The fraction of sp³-hybridized carbons (Fsp3) is 0.250. The molecule has 1 amide bonds. The van der Waals surface area contributed by atoms with Crippen molar-refractivity contribution in [2.45, 2.75) is 12.8 Å². The Bertz CT molecular complexity index is 424. The van der Waals surface area contributed by atoms with Crippen LogP contribution in [0.2, 0.25) is 10.0 Å². The number of carbonyl (C=O) groups is 1. The first-order valence-corrected chi connectivity index (χ1v) is 5.53. The number of hydrogen-bond donors (Lipinski definition) is 1. The third kappa shape index (κ3) is 4.14. The first-order valence-electron chi connectivity index (χ1n) is 4.77. The van der Waals surface area contributed by atoms with Crippen molar-refractivity contribution < 1.29 is 4.79 Å². The van der Waals surface area contributed by atoms with Crippen LogP contribution < -0.4 is 5.32 Å². The summed E-state index contributed by atoms with van der Waals surface area (Å²) < 4.78 is 0. The van der Waals surface area contributed by atoms with Crippen molar-refractivity contribution in [2.24, 2.45) is 0 Å². The van der Waals surface area contributed by atoms with Gasteiger partial charge in [0.15, 0.2) is 0 Å². The molecule has 0 aliphatic heterocycles. The smallest absolute Gasteiger partial charge is 0.221 e. The first-order chi connectivity index (χ1) is 7.63. The molecule has 84 valence electrons. The van der Waals surface area contributed by atoms with Crippen LogP contribution in [0.3, 0.4) is 0 Å². The molecule has 0 spiro atoms. The second-order valence-electron chi connectivity index (χ2n) is 3.22. The monoisotopic (exact) mass is 255 g/mol. The molecular weight excluding hydrogens is 245 g/mol. The normalized spacial score (nSPS) is 9.56. The lowest BCUT2D eigenvalue weighted by molar-refractivity contribution is -0.120. The highest BCUT2D eigenvalue weighted by molar-refractivity contribution is 6.35. The van der Waals surface area contributed by atoms with E-state index in [0.717, 1.165) is 5.56 Å². The van der Waals surface area contributed by atoms with Crippen molar-refractivity contribution in [3.05, 3.63) is 33.8 Å². The minimum atomic E-state index is -0.0797. The zero-order chi connectivity index (χ0) is 12.0. The molecule has 4 heteroatoms. The summed E-state index contributed by atoms with van der Waals surface area (Å²) in [5, 5.41) is 3.76. The molecule has 0 saturated heterocycles. The fourth-order valence-electron chi connectivity index (χ4n) is 1.21. The Labute approximate surface area is 105 Å². The molecule has 0 fully saturated rings. The molecule has 0 aromatic heterocycles. The van der Waals surface area contributed by atoms with E-state index in [1.807, 2.05) is 6.07 Å². The Hall–Kier alpha value is -1.17. The molecule has 2 nitrogen and oxygen atoms in total. The third-order valence-corrected chi connectivity index (χ3v) is 2.61. The van der Waals surface area contributed by atoms with E-state index < -0.39 is 0 Å². The molecule has 0 radical (unpaired) electrons. The fourth-order valence-corrected chi connectivity index (χ4v) is 1.71. The molecule has 1 aromatic carbocycles. The number of amides is 1. The van der Waals surface area contributed by atoms with Gasteiger partial charge in [0.05, 0.1) is 6.54 Å². The number of aryl methyl sites for hydroxylation is 1. The van der Waals surface area contributed by atoms with Gasteiger partial charge in [0.25, 0.3) is 0 Å². The highest BCUT2D eigenvalue weighted by atomic mass is 35.5. The average molecular weight is 256 g/mol. The summed E-state index contributed by atoms with van der Waals surface area (Å²) in [7, 11) is 0. The molecule has 0 saturated carbocycles. The summed E-state index contributed by atoms with van der Waals surface area (Å²) in [5.74, 6) is 2.26. The molecule has 0 aliphatic rings. The Balaban J connectivity index is 2.49. The lowest BCUT2D eigenvalue weighted by atomic mass is 10.1. The summed E-state index contributed by atoms with van der Waals surface area (Å²) in [6, 6.07) is 5.24. The Morgan fingerprint density at radius 3 is 2.81 bits per heavy atom. The standard InChI is InChI=1S/C12H11Cl2NO/c1-2-7-15-12(16)6-4-9-3-5-10(13)8-11(9)14/h1,3,5,8H,4,6-7H2,(H,15,16). The van der Waals surface area contributed by atoms with Crippen molar-refractivity contribution >= 4 is 29.1 Å². The quantitative estimate of drug-likeness (QED) is 0.824. The summed E-state index contributed by atoms with van der Waals surface area (Å²) in [6.45, 7) is 0.257. The van der Waals surface area contributed by atoms with Gasteiger partial charge in [-0.25, -0.2) is 0 Å². The van der Waals surface area contributed by atoms with Gasteiger partial charge in [-0.1, -0.05) is 35.2 Å². The maximum absolute atomic E-state index is 11.3. The Morgan fingerprint density at radius 2 is 2.19 bits per heavy atom. The molecule has 0 bridgehead atoms. The SMILES string of the molecule is C#CCNC(=O)CCc1ccc(Cl)cc1Cl. The van der Waals surface area contributed by atoms with E-state index in [1.165, 1.54) is 0 Å². The molecule has 0 unspecified atom stereocenters. The van der Waals surface area contributed by atoms with Crippen LogP contribution in [-0.2, 0) is 11.2 Å². The number of carbonyl (C=O) groups excluding carboxylic acids is 1. The molecule has 1 aromatic rings. The van der Waals surface area contributed by atoms with Gasteiger partial charge in [0, 0.05) is 16.5 Å². The second-order valence-corrected chi connectivity index (χ2v) is 4.06. The number of nitrogens with one attached hydrogen (secondary N) is 1. The van der Waals surface area contributed by atoms with Gasteiger partial charge in [-0.3, -0.25) is 4.79 Å². The molecule has 0 atom stereocenters. The molecular formula is C12H11Cl2NO. The van der Waals surface area contributed by atoms with Crippen LogP contribution in [0.25, 0.3) is 0 Å². The van der Waals surface area contributed by atoms with Gasteiger partial charge in [-0.2, -0.15) is 0 Å². The van der Waals surface area contributed by atoms with Crippen LogP contribution in [0.1, 0.15) is 12.0 Å². The second kappa shape index (κ2) is 6.42. The Kier molecular flexibility index (Phi) is 5.18. The maximum atomic E-state index is 11.3. The van der Waals surface area contributed by atoms with Crippen LogP contribution in [0, 0.1) is 12.3 Å². The number of benzene rings is 1. The van der Waals surface area contributed by atoms with E-state index in [4.69, 9.17) is 29.6 Å². The van der Waals surface area contributed by atoms with Crippen molar-refractivity contribution in [1.29, 1.82) is 0 Å². The highest BCUT2D eigenvalue weighted by Gasteiger charge is 2.04. The van der Waals surface area contributed by atoms with Crippen LogP contribution in [0.15, 0.2) is 18.2 Å². The molecule has 16 heavy (non-hydrogen) atoms. The molecule has 1 N–H and O–H groups in total. The van der Waals surface area contributed by atoms with Crippen molar-refractivity contribution in [2.75, 3.05) is 6.54 Å². The van der Waals surface area contributed by atoms with Crippen molar-refractivity contribution in [1.82, 2.24) is 5.32 Å². The van der Waals surface area contributed by atoms with E-state index >= 15 is 0 Å². The lowest BCUT2D eigenvalue weighted by Gasteiger charge is -2.04. The largest absolute Gasteiger partial charge is 0.345 e. The van der Waals surface area contributed by atoms with Gasteiger partial charge in [-0.15, -0.1) is 6.42 Å². The summed E-state index contributed by atoms with van der Waals surface area (Å²) in [5.41, 5.74) is 0.905. The minimum absolute atomic E-state index is 0.0797. The van der Waals surface area contributed by atoms with E-state index in [2.05, 4.69) is 11.2 Å². The number of hydrogen-bond acceptors (Lipinski definition) is 1. The molecule has 0 heterocycles. The molecule has 1 rings (SSSR count). The van der Waals surface area contributed by atoms with Gasteiger partial charge in [0.1, 0.15) is 0 Å². The van der Waals surface area contributed by atoms with Gasteiger partial charge in [-0.05, 0) is 24.1 Å². The maximum Gasteiger partial charge on any atom is 0.221 e. The van der Waals surface area contributed by atoms with Crippen LogP contribution in [0.4, 0.5) is 0 Å². The van der Waals surface area contributed by atoms with E-state index in [0.29, 0.717) is 22.9 Å². The topological polar surface area (TPSA) is 29.1 Å².